The first kappa shape index (κ1) is 35.9. The van der Waals surface area contributed by atoms with E-state index in [4.69, 9.17) is 29.0 Å². The van der Waals surface area contributed by atoms with Crippen LogP contribution >= 0.6 is 16.9 Å². The van der Waals surface area contributed by atoms with Gasteiger partial charge < -0.3 is 19.4 Å². The van der Waals surface area contributed by atoms with Gasteiger partial charge in [0.2, 0.25) is 0 Å². The molecule has 4 heterocycles. The maximum atomic E-state index is 12.5. The molecular formula is C43H27N4O8P2+. The van der Waals surface area contributed by atoms with Crippen molar-refractivity contribution < 1.29 is 38.2 Å². The minimum absolute atomic E-state index is 0.0613. The lowest BCUT2D eigenvalue weighted by molar-refractivity contribution is 0.0697. The minimum Gasteiger partial charge on any atom is -0.478 e. The van der Waals surface area contributed by atoms with Crippen LogP contribution in [0.2, 0.25) is 0 Å². The van der Waals surface area contributed by atoms with E-state index in [2.05, 4.69) is 0 Å². The van der Waals surface area contributed by atoms with Gasteiger partial charge >= 0.3 is 22.8 Å². The molecule has 0 amide bonds. The van der Waals surface area contributed by atoms with Crippen LogP contribution in [0.1, 0.15) is 10.4 Å². The molecule has 14 heteroatoms. The Bertz CT molecular complexity index is 3110. The Balaban J connectivity index is 1.14. The third-order valence-corrected chi connectivity index (χ3v) is 10.2. The molecule has 0 spiro atoms. The van der Waals surface area contributed by atoms with E-state index in [1.54, 1.807) is 48.5 Å². The smallest absolute Gasteiger partial charge is 0.478 e. The predicted octanol–water partition coefficient (Wildman–Crippen LogP) is 9.86. The van der Waals surface area contributed by atoms with Crippen LogP contribution in [0.25, 0.3) is 88.6 Å². The summed E-state index contributed by atoms with van der Waals surface area (Å²) in [6.45, 7) is 0. The molecule has 0 aliphatic carbocycles. The summed E-state index contributed by atoms with van der Waals surface area (Å²) in [6, 6.07) is 41.6. The molecule has 9 aromatic rings. The van der Waals surface area contributed by atoms with Crippen LogP contribution in [-0.2, 0) is 4.57 Å². The second-order valence-corrected chi connectivity index (χ2v) is 14.4. The largest absolute Gasteiger partial charge is 0.747 e. The van der Waals surface area contributed by atoms with Gasteiger partial charge in [-0.3, -0.25) is 0 Å². The summed E-state index contributed by atoms with van der Waals surface area (Å²) in [5.41, 5.74) is 7.40. The summed E-state index contributed by atoms with van der Waals surface area (Å²) in [5.74, 6) is -0.573. The molecule has 1 unspecified atom stereocenters. The highest BCUT2D eigenvalue weighted by Gasteiger charge is 2.17. The monoisotopic (exact) mass is 789 g/mol. The topological polar surface area (TPSA) is 185 Å². The van der Waals surface area contributed by atoms with Crippen LogP contribution in [-0.4, -0.2) is 45.7 Å². The lowest BCUT2D eigenvalue weighted by Crippen LogP contribution is -1.99. The minimum atomic E-state index is -2.83. The van der Waals surface area contributed by atoms with Crippen molar-refractivity contribution in [2.24, 2.45) is 0 Å². The number of aromatic carboxylic acids is 1. The lowest BCUT2D eigenvalue weighted by Gasteiger charge is -2.11. The van der Waals surface area contributed by atoms with Crippen molar-refractivity contribution in [2.45, 2.75) is 0 Å². The molecule has 57 heavy (non-hydrogen) atoms. The number of nitrogens with zero attached hydrogens (tertiary/aromatic N) is 4. The maximum absolute atomic E-state index is 12.5. The van der Waals surface area contributed by atoms with Gasteiger partial charge in [0, 0.05) is 48.4 Å². The molecule has 1 atom stereocenters. The first-order valence-corrected chi connectivity index (χ1v) is 19.7. The van der Waals surface area contributed by atoms with Crippen LogP contribution in [0.3, 0.4) is 0 Å². The summed E-state index contributed by atoms with van der Waals surface area (Å²) >= 11 is 0. The Labute approximate surface area is 325 Å². The quantitative estimate of drug-likeness (QED) is 0.0803. The number of carboxylic acids is 1. The zero-order valence-corrected chi connectivity index (χ0v) is 31.2. The van der Waals surface area contributed by atoms with Gasteiger partial charge in [-0.25, -0.2) is 29.3 Å². The van der Waals surface area contributed by atoms with Gasteiger partial charge in [0.15, 0.2) is 5.75 Å². The van der Waals surface area contributed by atoms with Gasteiger partial charge in [0.05, 0.1) is 50.4 Å². The average molecular weight is 790 g/mol. The molecular weight excluding hydrogens is 762 g/mol. The highest BCUT2D eigenvalue weighted by molar-refractivity contribution is 7.39. The van der Waals surface area contributed by atoms with Crippen LogP contribution in [0, 0.1) is 0 Å². The fraction of sp³-hybridized carbons (Fsp3) is 0. The molecule has 0 saturated heterocycles. The SMILES string of the molecule is O=C(O)c1cc(-c2ccc3ccc4ccc(-c5cccc(OP(O)O)c5)nc4c3n2)cc(-c2ccc3ccc4ccc(-c5cccc(O[P+](=O)O)c5)nc4c3n2)c1. The van der Waals surface area contributed by atoms with E-state index >= 15 is 0 Å². The van der Waals surface area contributed by atoms with E-state index in [-0.39, 0.29) is 11.3 Å². The van der Waals surface area contributed by atoms with Crippen molar-refractivity contribution in [3.8, 4) is 56.5 Å². The van der Waals surface area contributed by atoms with Crippen molar-refractivity contribution in [2.75, 3.05) is 0 Å². The second kappa shape index (κ2) is 14.7. The normalized spacial score (nSPS) is 11.8. The summed E-state index contributed by atoms with van der Waals surface area (Å²) in [7, 11) is -5.40. The van der Waals surface area contributed by atoms with Crippen LogP contribution in [0.15, 0.2) is 140 Å². The van der Waals surface area contributed by atoms with Gasteiger partial charge in [-0.1, -0.05) is 72.8 Å². The highest BCUT2D eigenvalue weighted by atomic mass is 31.2. The number of carboxylic acid groups (broad SMARTS) is 1. The molecule has 0 saturated carbocycles. The Hall–Kier alpha value is -6.78. The number of hydrogen-bond donors (Lipinski definition) is 4. The lowest BCUT2D eigenvalue weighted by atomic mass is 9.99. The van der Waals surface area contributed by atoms with Crippen LogP contribution in [0.5, 0.6) is 11.5 Å². The fourth-order valence-corrected chi connectivity index (χ4v) is 7.43. The summed E-state index contributed by atoms with van der Waals surface area (Å²) in [6.07, 6.45) is 0. The van der Waals surface area contributed by atoms with Crippen molar-refractivity contribution in [3.63, 3.8) is 0 Å². The maximum Gasteiger partial charge on any atom is 0.747 e. The highest BCUT2D eigenvalue weighted by Crippen LogP contribution is 2.36. The third-order valence-electron chi connectivity index (χ3n) is 9.44. The fourth-order valence-electron chi connectivity index (χ4n) is 6.83. The van der Waals surface area contributed by atoms with E-state index in [0.29, 0.717) is 72.8 Å². The van der Waals surface area contributed by atoms with Crippen LogP contribution < -0.4 is 9.05 Å². The van der Waals surface area contributed by atoms with E-state index in [1.165, 1.54) is 0 Å². The first-order valence-electron chi connectivity index (χ1n) is 17.4. The summed E-state index contributed by atoms with van der Waals surface area (Å²) in [5, 5.41) is 13.6. The molecule has 0 radical (unpaired) electrons. The molecule has 4 N–H and O–H groups in total. The van der Waals surface area contributed by atoms with E-state index in [0.717, 1.165) is 21.5 Å². The molecule has 4 aromatic heterocycles. The van der Waals surface area contributed by atoms with Crippen molar-refractivity contribution in [1.82, 2.24) is 19.9 Å². The first-order chi connectivity index (χ1) is 27.6. The van der Waals surface area contributed by atoms with Gasteiger partial charge in [-0.2, -0.15) is 0 Å². The Morgan fingerprint density at radius 3 is 1.30 bits per heavy atom. The van der Waals surface area contributed by atoms with Crippen molar-refractivity contribution >= 4 is 66.4 Å². The number of carbonyl (C=O) groups is 1. The van der Waals surface area contributed by atoms with Gasteiger partial charge in [-0.05, 0) is 66.7 Å². The molecule has 276 valence electrons. The molecule has 0 aliphatic heterocycles. The Morgan fingerprint density at radius 2 is 0.895 bits per heavy atom. The van der Waals surface area contributed by atoms with Crippen LogP contribution in [0.4, 0.5) is 0 Å². The van der Waals surface area contributed by atoms with E-state index in [1.807, 2.05) is 91.0 Å². The van der Waals surface area contributed by atoms with Gasteiger partial charge in [0.25, 0.3) is 0 Å². The number of pyridine rings is 4. The Kier molecular flexibility index (Phi) is 9.26. The summed E-state index contributed by atoms with van der Waals surface area (Å²) < 4.78 is 21.4. The molecule has 0 fully saturated rings. The number of fused-ring (bicyclic) bond motifs is 6. The molecule has 0 bridgehead atoms. The zero-order chi connectivity index (χ0) is 39.2. The third kappa shape index (κ3) is 7.23. The van der Waals surface area contributed by atoms with E-state index in [9.17, 15) is 29.1 Å². The number of hydrogen-bond acceptors (Lipinski definition) is 10. The number of benzene rings is 5. The van der Waals surface area contributed by atoms with Gasteiger partial charge in [0.1, 0.15) is 5.75 Å². The van der Waals surface area contributed by atoms with Crippen molar-refractivity contribution in [3.05, 3.63) is 145 Å². The number of aromatic nitrogens is 4. The molecule has 9 rings (SSSR count). The second-order valence-electron chi connectivity index (χ2n) is 13.0. The molecule has 12 nitrogen and oxygen atoms in total. The Morgan fingerprint density at radius 1 is 0.509 bits per heavy atom. The predicted molar refractivity (Wildman–Crippen MR) is 219 cm³/mol. The molecule has 5 aromatic carbocycles. The standard InChI is InChI=1S/C43H26N4O8P2/c48-43(49)32-20-30(37-17-13-26-9-7-24-11-15-35(44-39(24)41(26)46-37)28-3-1-5-33(22-28)54-56(50)51)19-31(21-32)38-18-14-27-10-8-25-12-16-36(45-40(25)42(27)47-38)29-4-2-6-34(23-29)55-57(52)53/h1-23,50-51H,(H-,48,49,52,53)/p+1. The van der Waals surface area contributed by atoms with Gasteiger partial charge in [-0.15, -0.1) is 4.89 Å². The van der Waals surface area contributed by atoms with E-state index < -0.39 is 22.8 Å². The summed E-state index contributed by atoms with van der Waals surface area (Å²) in [4.78, 5) is 60.4. The number of rotatable bonds is 9. The average Bonchev–Trinajstić information content (AvgIpc) is 3.22. The zero-order valence-electron chi connectivity index (χ0n) is 29.4. The van der Waals surface area contributed by atoms with Crippen molar-refractivity contribution in [1.29, 1.82) is 0 Å². The molecule has 0 aliphatic rings.